The van der Waals surface area contributed by atoms with Crippen molar-refractivity contribution in [3.05, 3.63) is 0 Å². The van der Waals surface area contributed by atoms with E-state index in [-0.39, 0.29) is 9.90 Å². The van der Waals surface area contributed by atoms with Gasteiger partial charge in [-0.05, 0) is 0 Å². The minimum Gasteiger partial charge on any atom is -0.647 e. The smallest absolute Gasteiger partial charge is 0.379 e. The van der Waals surface area contributed by atoms with Crippen molar-refractivity contribution in [2.75, 3.05) is 0 Å². The Morgan fingerprint density at radius 2 is 1.25 bits per heavy atom. The Hall–Kier alpha value is 1.45. The quantitative estimate of drug-likeness (QED) is 0.282. The largest absolute Gasteiger partial charge is 0.647 e. The Labute approximate surface area is 46.2 Å². The highest BCUT2D eigenvalue weighted by atomic mass is 31.0. The third kappa shape index (κ3) is 9.84. The summed E-state index contributed by atoms with van der Waals surface area (Å²) in [4.78, 5) is 0. The summed E-state index contributed by atoms with van der Waals surface area (Å²) in [6.45, 7) is 0. The highest BCUT2D eigenvalue weighted by Crippen LogP contribution is 1.20. The van der Waals surface area contributed by atoms with E-state index in [9.17, 15) is 0 Å². The van der Waals surface area contributed by atoms with Gasteiger partial charge in [0.2, 0.25) is 0 Å². The first kappa shape index (κ1) is 9.07. The average molecular weight is 105 g/mol. The fraction of sp³-hybridized carbons (Fsp3) is 0. The molecular formula is H4Al2OP. The van der Waals surface area contributed by atoms with Crippen LogP contribution in [0.1, 0.15) is 0 Å². The second-order valence-electron chi connectivity index (χ2n) is 0.408. The van der Waals surface area contributed by atoms with E-state index in [0.717, 1.165) is 33.2 Å². The summed E-state index contributed by atoms with van der Waals surface area (Å²) in [5.41, 5.74) is 0. The summed E-state index contributed by atoms with van der Waals surface area (Å²) in [5.74, 6) is 0. The summed E-state index contributed by atoms with van der Waals surface area (Å²) in [6.07, 6.45) is 0. The molecule has 0 N–H and O–H groups in total. The molecule has 0 aliphatic carbocycles. The Balaban J connectivity index is 0. The third-order valence-corrected chi connectivity index (χ3v) is 0. The van der Waals surface area contributed by atoms with Crippen LogP contribution in [-0.4, -0.2) is 33.2 Å². The first-order chi connectivity index (χ1) is 1.41. The molecule has 0 heterocycles. The van der Waals surface area contributed by atoms with Crippen molar-refractivity contribution < 1.29 is 2.84 Å². The maximum absolute atomic E-state index is 4.53. The zero-order valence-corrected chi connectivity index (χ0v) is 7.75. The molecule has 0 saturated heterocycles. The summed E-state index contributed by atoms with van der Waals surface area (Å²) < 4.78 is 4.53. The van der Waals surface area contributed by atoms with Crippen molar-refractivity contribution in [1.82, 2.24) is 0 Å². The Bertz CT molecular complexity index is 6.00. The van der Waals surface area contributed by atoms with Crippen LogP contribution in [0.25, 0.3) is 0 Å². The predicted molar refractivity (Wildman–Crippen MR) is 25.1 cm³/mol. The molecular weight excluding hydrogens is 101 g/mol. The van der Waals surface area contributed by atoms with Gasteiger partial charge in [-0.2, -0.15) is 0 Å². The molecule has 0 rings (SSSR count). The molecule has 4 heavy (non-hydrogen) atoms. The monoisotopic (exact) mass is 105 g/mol. The summed E-state index contributed by atoms with van der Waals surface area (Å²) in [6, 6.07) is 0. The van der Waals surface area contributed by atoms with E-state index in [1.807, 2.05) is 0 Å². The fourth-order valence-electron chi connectivity index (χ4n) is 0. The molecule has 0 aliphatic rings. The molecule has 0 unspecified atom stereocenters. The molecule has 0 aromatic carbocycles. The predicted octanol–water partition coefficient (Wildman–Crippen LogP) is -1.04. The van der Waals surface area contributed by atoms with Crippen LogP contribution < -0.4 is 0 Å². The molecule has 0 bridgehead atoms. The molecule has 0 atom stereocenters. The van der Waals surface area contributed by atoms with E-state index in [1.54, 1.807) is 0 Å². The second kappa shape index (κ2) is 8.82. The molecule has 1 nitrogen and oxygen atoms in total. The SMILES string of the molecule is [AlH2][O][AlH2].[P]. The van der Waals surface area contributed by atoms with E-state index >= 15 is 0 Å². The van der Waals surface area contributed by atoms with Gasteiger partial charge in [0.05, 0.1) is 0 Å². The summed E-state index contributed by atoms with van der Waals surface area (Å²) in [5, 5.41) is 0. The van der Waals surface area contributed by atoms with Crippen LogP contribution in [0.4, 0.5) is 0 Å². The lowest BCUT2D eigenvalue weighted by molar-refractivity contribution is 0.690. The fourth-order valence-corrected chi connectivity index (χ4v) is 0. The van der Waals surface area contributed by atoms with Gasteiger partial charge in [-0.1, -0.05) is 0 Å². The van der Waals surface area contributed by atoms with Gasteiger partial charge >= 0.3 is 33.2 Å². The lowest BCUT2D eigenvalue weighted by Gasteiger charge is -1.64. The van der Waals surface area contributed by atoms with Gasteiger partial charge in [-0.3, -0.25) is 0 Å². The standard InChI is InChI=1S/2Al.O.P.4H. The third-order valence-electron chi connectivity index (χ3n) is 0. The van der Waals surface area contributed by atoms with E-state index in [1.165, 1.54) is 0 Å². The maximum atomic E-state index is 4.53. The van der Waals surface area contributed by atoms with E-state index in [2.05, 4.69) is 2.84 Å². The van der Waals surface area contributed by atoms with Gasteiger partial charge in [-0.25, -0.2) is 0 Å². The Kier molecular flexibility index (Phi) is 20.0. The topological polar surface area (TPSA) is 9.23 Å². The number of rotatable bonds is 0. The molecule has 0 fully saturated rings. The number of hydrogen-bond acceptors (Lipinski definition) is 1. The van der Waals surface area contributed by atoms with Crippen molar-refractivity contribution in [1.29, 1.82) is 0 Å². The van der Waals surface area contributed by atoms with Gasteiger partial charge in [0, 0.05) is 9.90 Å². The molecule has 0 spiro atoms. The summed E-state index contributed by atoms with van der Waals surface area (Å²) in [7, 11) is 0. The van der Waals surface area contributed by atoms with Crippen LogP contribution in [0.5, 0.6) is 0 Å². The lowest BCUT2D eigenvalue weighted by atomic mass is 15.8. The van der Waals surface area contributed by atoms with Gasteiger partial charge in [0.25, 0.3) is 0 Å². The normalized spacial score (nSPS) is 4.00. The Morgan fingerprint density at radius 1 is 1.25 bits per heavy atom. The first-order valence-corrected chi connectivity index (χ1v) is 2.45. The minimum atomic E-state index is 0. The highest BCUT2D eigenvalue weighted by Gasteiger charge is 1.37. The van der Waals surface area contributed by atoms with Gasteiger partial charge in [0.1, 0.15) is 0 Å². The van der Waals surface area contributed by atoms with Crippen LogP contribution in [0, 0.1) is 0 Å². The molecule has 0 amide bonds. The van der Waals surface area contributed by atoms with Crippen LogP contribution >= 0.6 is 9.90 Å². The maximum Gasteiger partial charge on any atom is 0.379 e. The second-order valence-corrected chi connectivity index (χ2v) is 3.67. The van der Waals surface area contributed by atoms with E-state index in [0.29, 0.717) is 0 Å². The lowest BCUT2D eigenvalue weighted by Crippen LogP contribution is -1.65. The van der Waals surface area contributed by atoms with Crippen molar-refractivity contribution in [2.45, 2.75) is 0 Å². The van der Waals surface area contributed by atoms with Crippen LogP contribution in [0.2, 0.25) is 0 Å². The van der Waals surface area contributed by atoms with E-state index < -0.39 is 0 Å². The zero-order valence-electron chi connectivity index (χ0n) is 2.86. The molecule has 0 saturated carbocycles. The Morgan fingerprint density at radius 3 is 1.25 bits per heavy atom. The van der Waals surface area contributed by atoms with Crippen LogP contribution in [0.15, 0.2) is 0 Å². The first-order valence-electron chi connectivity index (χ1n) is 0.816. The van der Waals surface area contributed by atoms with Crippen LogP contribution in [0.3, 0.4) is 0 Å². The molecule has 0 aliphatic heterocycles. The molecule has 4 heteroatoms. The van der Waals surface area contributed by atoms with Crippen molar-refractivity contribution in [2.24, 2.45) is 0 Å². The van der Waals surface area contributed by atoms with Gasteiger partial charge < -0.3 is 2.84 Å². The highest BCUT2D eigenvalue weighted by molar-refractivity contribution is 6.92. The van der Waals surface area contributed by atoms with E-state index in [4.69, 9.17) is 0 Å². The van der Waals surface area contributed by atoms with Crippen molar-refractivity contribution in [3.63, 3.8) is 0 Å². The molecule has 3 radical (unpaired) electrons. The minimum absolute atomic E-state index is 0. The van der Waals surface area contributed by atoms with Crippen molar-refractivity contribution >= 4 is 43.1 Å². The number of hydrogen-bond donors (Lipinski definition) is 0. The average Bonchev–Trinajstić information content (AvgIpc) is 0.918. The molecule has 0 aromatic heterocycles. The van der Waals surface area contributed by atoms with Crippen LogP contribution in [-0.2, 0) is 2.84 Å². The van der Waals surface area contributed by atoms with Gasteiger partial charge in [-0.15, -0.1) is 0 Å². The molecule has 0 aromatic rings. The molecule has 21 valence electrons. The van der Waals surface area contributed by atoms with Crippen molar-refractivity contribution in [3.8, 4) is 0 Å². The summed E-state index contributed by atoms with van der Waals surface area (Å²) >= 11 is 1.86. The zero-order chi connectivity index (χ0) is 2.71. The van der Waals surface area contributed by atoms with Gasteiger partial charge in [0.15, 0.2) is 0 Å².